The lowest BCUT2D eigenvalue weighted by molar-refractivity contribution is -0.379. The van der Waals surface area contributed by atoms with Crippen LogP contribution >= 0.6 is 0 Å². The van der Waals surface area contributed by atoms with Crippen molar-refractivity contribution < 1.29 is 89.4 Å². The number of hydrogen-bond donors (Lipinski definition) is 12. The zero-order valence-electron chi connectivity index (χ0n) is 59.7. The van der Waals surface area contributed by atoms with Crippen LogP contribution in [0.1, 0.15) is 322 Å². The predicted molar refractivity (Wildman–Crippen MR) is 374 cm³/mol. The van der Waals surface area contributed by atoms with Gasteiger partial charge in [-0.1, -0.05) is 295 Å². The third-order valence-electron chi connectivity index (χ3n) is 19.8. The average Bonchev–Trinajstić information content (AvgIpc) is 0.787. The van der Waals surface area contributed by atoms with Crippen LogP contribution in [-0.4, -0.2) is 193 Å². The predicted octanol–water partition coefficient (Wildman–Crippen LogP) is 12.2. The van der Waals surface area contributed by atoms with E-state index in [2.05, 4.69) is 43.5 Å². The van der Waals surface area contributed by atoms with Crippen molar-refractivity contribution in [3.63, 3.8) is 0 Å². The molecule has 0 aromatic rings. The Morgan fingerprint density at radius 3 is 1.07 bits per heavy atom. The van der Waals surface area contributed by atoms with Gasteiger partial charge in [0.05, 0.1) is 38.6 Å². The van der Waals surface area contributed by atoms with Gasteiger partial charge in [0.1, 0.15) is 73.2 Å². The molecule has 12 N–H and O–H groups in total. The molecule has 17 unspecified atom stereocenters. The minimum absolute atomic E-state index is 0.237. The standard InChI is InChI=1S/C76H143NO18/c1-3-5-7-9-11-13-15-17-19-21-23-25-27-28-29-30-32-34-36-38-40-42-44-46-48-50-52-54-64(82)77-59(60(81)53-51-49-47-45-43-41-39-37-35-33-31-26-24-22-20-18-16-14-12-10-8-6-4-2)58-90-74-70(88)67(85)72(62(56-79)92-74)95-76-71(89)68(86)73(63(57-80)93-76)94-75-69(87)66(84)65(83)61(55-78)91-75/h15,17,21,23,59-63,65-76,78-81,83-89H,3-14,16,18-20,22,24-58H2,1-2H3,(H,77,82)/b17-15-,23-21-. The molecule has 3 rings (SSSR count). The minimum atomic E-state index is -1.97. The number of aliphatic hydroxyl groups is 11. The minimum Gasteiger partial charge on any atom is -0.394 e. The van der Waals surface area contributed by atoms with Crippen molar-refractivity contribution >= 4 is 5.91 Å². The van der Waals surface area contributed by atoms with Gasteiger partial charge >= 0.3 is 0 Å². The Morgan fingerprint density at radius 1 is 0.379 bits per heavy atom. The van der Waals surface area contributed by atoms with Gasteiger partial charge in [0.25, 0.3) is 0 Å². The van der Waals surface area contributed by atoms with Gasteiger partial charge in [-0.15, -0.1) is 0 Å². The van der Waals surface area contributed by atoms with E-state index in [-0.39, 0.29) is 18.9 Å². The summed E-state index contributed by atoms with van der Waals surface area (Å²) in [6.45, 7) is 1.84. The Kier molecular flexibility index (Phi) is 53.3. The highest BCUT2D eigenvalue weighted by atomic mass is 16.8. The van der Waals surface area contributed by atoms with Crippen molar-refractivity contribution in [3.05, 3.63) is 24.3 Å². The van der Waals surface area contributed by atoms with Crippen LogP contribution in [0.2, 0.25) is 0 Å². The maximum absolute atomic E-state index is 13.5. The Hall–Kier alpha value is -1.73. The lowest BCUT2D eigenvalue weighted by Crippen LogP contribution is -2.66. The topological polar surface area (TPSA) is 307 Å². The van der Waals surface area contributed by atoms with E-state index in [0.717, 1.165) is 51.4 Å². The number of hydrogen-bond acceptors (Lipinski definition) is 18. The van der Waals surface area contributed by atoms with E-state index in [1.807, 2.05) is 0 Å². The van der Waals surface area contributed by atoms with E-state index in [0.29, 0.717) is 12.8 Å². The first-order chi connectivity index (χ1) is 46.3. The van der Waals surface area contributed by atoms with E-state index in [4.69, 9.17) is 28.4 Å². The first-order valence-corrected chi connectivity index (χ1v) is 39.1. The molecular formula is C76H143NO18. The smallest absolute Gasteiger partial charge is 0.220 e. The molecule has 0 radical (unpaired) electrons. The van der Waals surface area contributed by atoms with E-state index < -0.39 is 124 Å². The molecule has 0 spiro atoms. The number of nitrogens with one attached hydrogen (secondary N) is 1. The van der Waals surface area contributed by atoms with Crippen molar-refractivity contribution in [2.75, 3.05) is 26.4 Å². The van der Waals surface area contributed by atoms with Crippen molar-refractivity contribution in [1.82, 2.24) is 5.32 Å². The van der Waals surface area contributed by atoms with Gasteiger partial charge in [0, 0.05) is 6.42 Å². The molecule has 17 atom stereocenters. The molecule has 0 bridgehead atoms. The Morgan fingerprint density at radius 2 is 0.695 bits per heavy atom. The molecule has 19 nitrogen and oxygen atoms in total. The number of rotatable bonds is 62. The molecular weight excluding hydrogens is 1210 g/mol. The zero-order valence-corrected chi connectivity index (χ0v) is 59.7. The van der Waals surface area contributed by atoms with Crippen molar-refractivity contribution in [2.45, 2.75) is 426 Å². The van der Waals surface area contributed by atoms with Crippen LogP contribution in [0.4, 0.5) is 0 Å². The third-order valence-corrected chi connectivity index (χ3v) is 19.8. The van der Waals surface area contributed by atoms with Gasteiger partial charge < -0.3 is 89.9 Å². The van der Waals surface area contributed by atoms with Gasteiger partial charge in [0.15, 0.2) is 18.9 Å². The number of aliphatic hydroxyl groups excluding tert-OH is 11. The molecule has 0 aliphatic carbocycles. The summed E-state index contributed by atoms with van der Waals surface area (Å²) >= 11 is 0. The Labute approximate surface area is 575 Å². The molecule has 0 aromatic carbocycles. The molecule has 560 valence electrons. The van der Waals surface area contributed by atoms with E-state index in [9.17, 15) is 61.0 Å². The summed E-state index contributed by atoms with van der Waals surface area (Å²) in [6, 6.07) is -0.887. The number of ether oxygens (including phenoxy) is 6. The van der Waals surface area contributed by atoms with Crippen molar-refractivity contribution in [1.29, 1.82) is 0 Å². The van der Waals surface area contributed by atoms with Gasteiger partial charge in [0.2, 0.25) is 5.91 Å². The number of carbonyl (C=O) groups is 1. The van der Waals surface area contributed by atoms with Crippen LogP contribution in [0.15, 0.2) is 24.3 Å². The van der Waals surface area contributed by atoms with Crippen LogP contribution in [0.3, 0.4) is 0 Å². The van der Waals surface area contributed by atoms with Crippen LogP contribution in [-0.2, 0) is 33.2 Å². The number of allylic oxidation sites excluding steroid dienone is 4. The van der Waals surface area contributed by atoms with Crippen LogP contribution in [0.5, 0.6) is 0 Å². The zero-order chi connectivity index (χ0) is 68.9. The van der Waals surface area contributed by atoms with Crippen molar-refractivity contribution in [2.24, 2.45) is 0 Å². The summed E-state index contributed by atoms with van der Waals surface area (Å²) in [4.78, 5) is 13.5. The first kappa shape index (κ1) is 87.5. The Bertz CT molecular complexity index is 1810. The molecule has 3 aliphatic heterocycles. The summed E-state index contributed by atoms with van der Waals surface area (Å²) in [7, 11) is 0. The van der Waals surface area contributed by atoms with Gasteiger partial charge in [-0.05, 0) is 44.9 Å². The fraction of sp³-hybridized carbons (Fsp3) is 0.934. The highest BCUT2D eigenvalue weighted by molar-refractivity contribution is 5.76. The lowest BCUT2D eigenvalue weighted by atomic mass is 9.96. The lowest BCUT2D eigenvalue weighted by Gasteiger charge is -2.48. The largest absolute Gasteiger partial charge is 0.394 e. The number of amides is 1. The molecule has 3 fully saturated rings. The summed E-state index contributed by atoms with van der Waals surface area (Å²) < 4.78 is 34.5. The van der Waals surface area contributed by atoms with Crippen LogP contribution in [0.25, 0.3) is 0 Å². The van der Waals surface area contributed by atoms with Crippen LogP contribution < -0.4 is 5.32 Å². The average molecular weight is 1360 g/mol. The maximum atomic E-state index is 13.5. The monoisotopic (exact) mass is 1360 g/mol. The van der Waals surface area contributed by atoms with Gasteiger partial charge in [-0.2, -0.15) is 0 Å². The van der Waals surface area contributed by atoms with E-state index >= 15 is 0 Å². The molecule has 0 aromatic heterocycles. The molecule has 1 amide bonds. The normalized spacial score (nSPS) is 27.3. The molecule has 95 heavy (non-hydrogen) atoms. The number of unbranched alkanes of at least 4 members (excludes halogenated alkanes) is 42. The van der Waals surface area contributed by atoms with E-state index in [1.54, 1.807) is 0 Å². The SMILES string of the molecule is CCCCCCC/C=C\C/C=C\CCCCCCCCCCCCCCCCCC(=O)NC(COC1OC(CO)C(OC2OC(CO)C(OC3OC(CO)C(O)C(O)C3O)C(O)C2O)C(O)C1O)C(O)CCCCCCCCCCCCCCCCCCCCCCCCC. The van der Waals surface area contributed by atoms with Gasteiger partial charge in [-0.3, -0.25) is 4.79 Å². The molecule has 3 saturated heterocycles. The fourth-order valence-electron chi connectivity index (χ4n) is 13.5. The summed E-state index contributed by atoms with van der Waals surface area (Å²) in [6.07, 6.45) is 41.1. The maximum Gasteiger partial charge on any atom is 0.220 e. The molecule has 3 heterocycles. The highest BCUT2D eigenvalue weighted by Crippen LogP contribution is 2.33. The molecule has 3 aliphatic rings. The second-order valence-electron chi connectivity index (χ2n) is 28.2. The van der Waals surface area contributed by atoms with Crippen LogP contribution in [0, 0.1) is 0 Å². The second-order valence-corrected chi connectivity index (χ2v) is 28.2. The quantitative estimate of drug-likeness (QED) is 0.0199. The first-order valence-electron chi connectivity index (χ1n) is 39.1. The number of carbonyl (C=O) groups excluding carboxylic acids is 1. The molecule has 0 saturated carbocycles. The Balaban J connectivity index is 1.38. The van der Waals surface area contributed by atoms with Crippen molar-refractivity contribution in [3.8, 4) is 0 Å². The third kappa shape index (κ3) is 38.8. The van der Waals surface area contributed by atoms with Gasteiger partial charge in [-0.25, -0.2) is 0 Å². The summed E-state index contributed by atoms with van der Waals surface area (Å²) in [5.74, 6) is -0.237. The summed E-state index contributed by atoms with van der Waals surface area (Å²) in [5, 5.41) is 121. The second kappa shape index (κ2) is 57.8. The highest BCUT2D eigenvalue weighted by Gasteiger charge is 2.54. The molecule has 19 heteroatoms. The fourth-order valence-corrected chi connectivity index (χ4v) is 13.5. The van der Waals surface area contributed by atoms with E-state index in [1.165, 1.54) is 238 Å². The summed E-state index contributed by atoms with van der Waals surface area (Å²) in [5.41, 5.74) is 0.